The Morgan fingerprint density at radius 1 is 0.741 bits per heavy atom. The average molecular weight is 823 g/mol. The maximum absolute atomic E-state index is 13.7. The SMILES string of the molecule is CC(C)C[C@H](NC(=O)[C@H](Cc1cnc[nH]1)NC(=O)[C@H](CO)NC(=O)[C@H](CCCCN)NC(=O)[C@H](CCC(=O)O)NC(=O)[C@H](CC(C)C)NC(=O)[C@@H]1CCCN1)C(=O)O. The third-order valence-electron chi connectivity index (χ3n) is 9.33. The molecule has 2 heterocycles. The maximum Gasteiger partial charge on any atom is 0.326 e. The van der Waals surface area contributed by atoms with Gasteiger partial charge in [-0.3, -0.25) is 33.6 Å². The summed E-state index contributed by atoms with van der Waals surface area (Å²) in [4.78, 5) is 111. The highest BCUT2D eigenvalue weighted by Crippen LogP contribution is 2.12. The molecule has 2 rings (SSSR count). The first-order valence-corrected chi connectivity index (χ1v) is 19.7. The molecule has 21 nitrogen and oxygen atoms in total. The molecule has 0 aliphatic carbocycles. The Hall–Kier alpha value is -5.15. The summed E-state index contributed by atoms with van der Waals surface area (Å²) in [6.07, 6.45) is 4.15. The zero-order chi connectivity index (χ0) is 43.4. The second-order valence-corrected chi connectivity index (χ2v) is 15.3. The fraction of sp³-hybridized carbons (Fsp3) is 0.703. The number of carbonyl (C=O) groups excluding carboxylic acids is 6. The summed E-state index contributed by atoms with van der Waals surface area (Å²) in [6, 6.07) is -8.63. The number of amides is 6. The molecule has 58 heavy (non-hydrogen) atoms. The number of hydrogen-bond donors (Lipinski definition) is 12. The van der Waals surface area contributed by atoms with Gasteiger partial charge in [-0.15, -0.1) is 0 Å². The van der Waals surface area contributed by atoms with E-state index < -0.39 is 96.8 Å². The first-order chi connectivity index (χ1) is 27.4. The van der Waals surface area contributed by atoms with E-state index in [4.69, 9.17) is 5.73 Å². The molecule has 0 aromatic carbocycles. The van der Waals surface area contributed by atoms with E-state index in [0.29, 0.717) is 31.5 Å². The van der Waals surface area contributed by atoms with Gasteiger partial charge in [0.15, 0.2) is 0 Å². The highest BCUT2D eigenvalue weighted by atomic mass is 16.4. The topological polar surface area (TPSA) is 336 Å². The molecule has 13 N–H and O–H groups in total. The lowest BCUT2D eigenvalue weighted by atomic mass is 10.0. The monoisotopic (exact) mass is 822 g/mol. The number of imidazole rings is 1. The fourth-order valence-electron chi connectivity index (χ4n) is 6.26. The summed E-state index contributed by atoms with van der Waals surface area (Å²) in [5.74, 6) is -7.45. The van der Waals surface area contributed by atoms with Gasteiger partial charge in [0.25, 0.3) is 0 Å². The van der Waals surface area contributed by atoms with E-state index in [1.807, 2.05) is 13.8 Å². The first kappa shape index (κ1) is 49.0. The van der Waals surface area contributed by atoms with Crippen LogP contribution in [-0.4, -0.2) is 135 Å². The number of aromatic nitrogens is 2. The number of carboxylic acid groups (broad SMARTS) is 2. The van der Waals surface area contributed by atoms with E-state index in [2.05, 4.69) is 47.2 Å². The van der Waals surface area contributed by atoms with E-state index in [9.17, 15) is 53.7 Å². The Labute approximate surface area is 337 Å². The standard InChI is InChI=1S/C37H62N10O11/c1-20(2)14-26(44-31(51)23-9-7-13-40-23)34(54)43-25(10-11-30(49)50)33(53)42-24(8-5-6-12-38)32(52)47-29(18-48)36(56)45-27(16-22-17-39-19-41-22)35(55)46-28(37(57)58)15-21(3)4/h17,19-21,23-29,40,48H,5-16,18,38H2,1-4H3,(H,39,41)(H,42,53)(H,43,54)(H,44,51)(H,45,56)(H,46,55)(H,47,52)(H,49,50)(H,57,58)/t23-,24-,25-,26-,27-,28-,29-/m0/s1. The van der Waals surface area contributed by atoms with Crippen molar-refractivity contribution in [2.24, 2.45) is 17.6 Å². The van der Waals surface area contributed by atoms with Gasteiger partial charge in [0.05, 0.1) is 19.0 Å². The molecule has 21 heteroatoms. The molecule has 326 valence electrons. The quantitative estimate of drug-likeness (QED) is 0.0419. The van der Waals surface area contributed by atoms with Crippen LogP contribution in [0.5, 0.6) is 0 Å². The number of nitrogens with two attached hydrogens (primary N) is 1. The summed E-state index contributed by atoms with van der Waals surface area (Å²) in [5.41, 5.74) is 6.06. The summed E-state index contributed by atoms with van der Waals surface area (Å²) in [5, 5.41) is 47.4. The summed E-state index contributed by atoms with van der Waals surface area (Å²) in [7, 11) is 0. The summed E-state index contributed by atoms with van der Waals surface area (Å²) < 4.78 is 0. The summed E-state index contributed by atoms with van der Waals surface area (Å²) in [6.45, 7) is 7.20. The second-order valence-electron chi connectivity index (χ2n) is 15.3. The minimum atomic E-state index is -1.65. The number of aliphatic carboxylic acids is 2. The Kier molecular flexibility index (Phi) is 21.3. The summed E-state index contributed by atoms with van der Waals surface area (Å²) >= 11 is 0. The van der Waals surface area contributed by atoms with Crippen LogP contribution in [-0.2, 0) is 44.8 Å². The van der Waals surface area contributed by atoms with Crippen LogP contribution in [0.15, 0.2) is 12.5 Å². The number of aliphatic hydroxyl groups excluding tert-OH is 1. The molecular weight excluding hydrogens is 760 g/mol. The fourth-order valence-corrected chi connectivity index (χ4v) is 6.26. The van der Waals surface area contributed by atoms with Crippen LogP contribution in [0.3, 0.4) is 0 Å². The molecule has 0 radical (unpaired) electrons. The van der Waals surface area contributed by atoms with Crippen LogP contribution >= 0.6 is 0 Å². The number of carboxylic acids is 2. The molecule has 7 atom stereocenters. The zero-order valence-electron chi connectivity index (χ0n) is 33.7. The van der Waals surface area contributed by atoms with Gasteiger partial charge in [-0.25, -0.2) is 9.78 Å². The molecule has 0 unspecified atom stereocenters. The maximum atomic E-state index is 13.7. The zero-order valence-corrected chi connectivity index (χ0v) is 33.7. The van der Waals surface area contributed by atoms with Crippen LogP contribution in [0.1, 0.15) is 91.2 Å². The van der Waals surface area contributed by atoms with Gasteiger partial charge in [0, 0.05) is 24.7 Å². The van der Waals surface area contributed by atoms with Gasteiger partial charge in [-0.2, -0.15) is 0 Å². The molecule has 1 aromatic heterocycles. The molecule has 1 aromatic rings. The number of nitrogens with one attached hydrogen (secondary N) is 8. The van der Waals surface area contributed by atoms with Crippen LogP contribution in [0.2, 0.25) is 0 Å². The largest absolute Gasteiger partial charge is 0.481 e. The minimum absolute atomic E-state index is 0.00809. The Morgan fingerprint density at radius 2 is 1.28 bits per heavy atom. The smallest absolute Gasteiger partial charge is 0.326 e. The van der Waals surface area contributed by atoms with E-state index >= 15 is 0 Å². The third-order valence-corrected chi connectivity index (χ3v) is 9.33. The van der Waals surface area contributed by atoms with Gasteiger partial charge >= 0.3 is 11.9 Å². The van der Waals surface area contributed by atoms with E-state index in [1.54, 1.807) is 13.8 Å². The lowest BCUT2D eigenvalue weighted by Gasteiger charge is -2.27. The van der Waals surface area contributed by atoms with Crippen LogP contribution in [0, 0.1) is 11.8 Å². The lowest BCUT2D eigenvalue weighted by molar-refractivity contribution is -0.143. The number of unbranched alkanes of at least 4 members (excludes halogenated alkanes) is 1. The van der Waals surface area contributed by atoms with Gasteiger partial charge in [-0.05, 0) is 76.3 Å². The number of aliphatic hydroxyl groups is 1. The third kappa shape index (κ3) is 17.6. The number of carbonyl (C=O) groups is 8. The Morgan fingerprint density at radius 3 is 1.79 bits per heavy atom. The van der Waals surface area contributed by atoms with Gasteiger partial charge in [0.1, 0.15) is 36.3 Å². The predicted octanol–water partition coefficient (Wildman–Crippen LogP) is -2.22. The molecule has 0 bridgehead atoms. The molecule has 1 aliphatic heterocycles. The number of nitrogens with zero attached hydrogens (tertiary/aromatic N) is 1. The molecule has 1 aliphatic rings. The number of rotatable bonds is 27. The van der Waals surface area contributed by atoms with Crippen molar-refractivity contribution in [2.45, 2.75) is 134 Å². The van der Waals surface area contributed by atoms with Crippen molar-refractivity contribution in [3.8, 4) is 0 Å². The molecule has 1 fully saturated rings. The van der Waals surface area contributed by atoms with Crippen molar-refractivity contribution in [1.82, 2.24) is 47.2 Å². The predicted molar refractivity (Wildman–Crippen MR) is 208 cm³/mol. The normalized spacial score (nSPS) is 16.9. The minimum Gasteiger partial charge on any atom is -0.481 e. The van der Waals surface area contributed by atoms with Crippen LogP contribution in [0.4, 0.5) is 0 Å². The van der Waals surface area contributed by atoms with Crippen LogP contribution in [0.25, 0.3) is 0 Å². The van der Waals surface area contributed by atoms with Gasteiger partial charge in [-0.1, -0.05) is 27.7 Å². The van der Waals surface area contributed by atoms with Crippen molar-refractivity contribution in [3.05, 3.63) is 18.2 Å². The van der Waals surface area contributed by atoms with Crippen molar-refractivity contribution in [3.63, 3.8) is 0 Å². The highest BCUT2D eigenvalue weighted by Gasteiger charge is 2.34. The first-order valence-electron chi connectivity index (χ1n) is 19.7. The molecule has 1 saturated heterocycles. The second kappa shape index (κ2) is 25.3. The van der Waals surface area contributed by atoms with E-state index in [0.717, 1.165) is 6.42 Å². The molecule has 0 spiro atoms. The number of H-pyrrole nitrogens is 1. The van der Waals surface area contributed by atoms with Crippen molar-refractivity contribution >= 4 is 47.4 Å². The average Bonchev–Trinajstić information content (AvgIpc) is 3.89. The Bertz CT molecular complexity index is 1520. The van der Waals surface area contributed by atoms with Crippen molar-refractivity contribution < 1.29 is 53.7 Å². The molecule has 0 saturated carbocycles. The van der Waals surface area contributed by atoms with E-state index in [1.165, 1.54) is 12.5 Å². The van der Waals surface area contributed by atoms with Crippen molar-refractivity contribution in [1.29, 1.82) is 0 Å². The van der Waals surface area contributed by atoms with Crippen LogP contribution < -0.4 is 43.0 Å². The number of hydrogen-bond acceptors (Lipinski definition) is 12. The van der Waals surface area contributed by atoms with E-state index in [-0.39, 0.29) is 56.4 Å². The highest BCUT2D eigenvalue weighted by molar-refractivity contribution is 5.97. The molecular formula is C37H62N10O11. The van der Waals surface area contributed by atoms with Gasteiger partial charge in [0.2, 0.25) is 35.4 Å². The number of aromatic amines is 1. The lowest BCUT2D eigenvalue weighted by Crippen LogP contribution is -2.60. The van der Waals surface area contributed by atoms with Gasteiger partial charge < -0.3 is 63.3 Å². The Balaban J connectivity index is 2.27. The molecule has 6 amide bonds. The van der Waals surface area contributed by atoms with Crippen molar-refractivity contribution in [2.75, 3.05) is 19.7 Å².